The molecule has 0 atom stereocenters. The van der Waals surface area contributed by atoms with E-state index in [1.807, 2.05) is 6.07 Å². The Bertz CT molecular complexity index is 481. The standard InChI is InChI=1S/C15H21NO4/c1-19-13-10-12(16-6-4-3-5-7-16)14(20-2)8-11(13)9-15(17)18/h8,10H,3-7,9H2,1-2H3,(H,17,18). The minimum atomic E-state index is -0.879. The SMILES string of the molecule is COc1cc(N2CCCCC2)c(OC)cc1CC(=O)O. The lowest BCUT2D eigenvalue weighted by Crippen LogP contribution is -2.29. The number of piperidine rings is 1. The first kappa shape index (κ1) is 14.5. The molecule has 0 amide bonds. The number of methoxy groups -OCH3 is 2. The molecular formula is C15H21NO4. The van der Waals surface area contributed by atoms with Crippen molar-refractivity contribution in [2.45, 2.75) is 25.7 Å². The summed E-state index contributed by atoms with van der Waals surface area (Å²) in [7, 11) is 3.17. The second-order valence-electron chi connectivity index (χ2n) is 4.95. The zero-order valence-electron chi connectivity index (χ0n) is 12.0. The van der Waals surface area contributed by atoms with Crippen LogP contribution in [0.3, 0.4) is 0 Å². The summed E-state index contributed by atoms with van der Waals surface area (Å²) in [6, 6.07) is 3.67. The number of benzene rings is 1. The van der Waals surface area contributed by atoms with Crippen LogP contribution in [0, 0.1) is 0 Å². The molecule has 1 N–H and O–H groups in total. The number of carboxylic acid groups (broad SMARTS) is 1. The summed E-state index contributed by atoms with van der Waals surface area (Å²) in [6.45, 7) is 2.00. The lowest BCUT2D eigenvalue weighted by molar-refractivity contribution is -0.136. The minimum absolute atomic E-state index is 0.0696. The molecule has 110 valence electrons. The van der Waals surface area contributed by atoms with Gasteiger partial charge in [0.25, 0.3) is 0 Å². The third-order valence-corrected chi connectivity index (χ3v) is 3.62. The van der Waals surface area contributed by atoms with E-state index in [0.717, 1.165) is 18.8 Å². The van der Waals surface area contributed by atoms with Gasteiger partial charge < -0.3 is 19.5 Å². The van der Waals surface area contributed by atoms with E-state index in [4.69, 9.17) is 14.6 Å². The third-order valence-electron chi connectivity index (χ3n) is 3.62. The molecule has 20 heavy (non-hydrogen) atoms. The third kappa shape index (κ3) is 3.15. The van der Waals surface area contributed by atoms with Crippen LogP contribution in [-0.2, 0) is 11.2 Å². The van der Waals surface area contributed by atoms with Gasteiger partial charge in [-0.15, -0.1) is 0 Å². The molecule has 1 aliphatic rings. The van der Waals surface area contributed by atoms with E-state index in [2.05, 4.69) is 4.90 Å². The van der Waals surface area contributed by atoms with Crippen molar-refractivity contribution in [1.29, 1.82) is 0 Å². The Morgan fingerprint density at radius 2 is 1.80 bits per heavy atom. The Morgan fingerprint density at radius 1 is 1.15 bits per heavy atom. The van der Waals surface area contributed by atoms with Crippen molar-refractivity contribution in [1.82, 2.24) is 0 Å². The second kappa shape index (κ2) is 6.50. The maximum Gasteiger partial charge on any atom is 0.307 e. The van der Waals surface area contributed by atoms with Gasteiger partial charge in [-0.05, 0) is 25.3 Å². The molecule has 1 heterocycles. The van der Waals surface area contributed by atoms with Crippen molar-refractivity contribution in [3.05, 3.63) is 17.7 Å². The number of carboxylic acids is 1. The van der Waals surface area contributed by atoms with Crippen LogP contribution in [0.5, 0.6) is 11.5 Å². The van der Waals surface area contributed by atoms with E-state index in [-0.39, 0.29) is 6.42 Å². The Morgan fingerprint density at radius 3 is 2.35 bits per heavy atom. The molecule has 5 nitrogen and oxygen atoms in total. The summed E-state index contributed by atoms with van der Waals surface area (Å²) in [5.41, 5.74) is 1.62. The van der Waals surface area contributed by atoms with Crippen LogP contribution in [-0.4, -0.2) is 38.4 Å². The molecule has 0 spiro atoms. The van der Waals surface area contributed by atoms with Gasteiger partial charge in [-0.2, -0.15) is 0 Å². The largest absolute Gasteiger partial charge is 0.496 e. The van der Waals surface area contributed by atoms with Crippen LogP contribution >= 0.6 is 0 Å². The average Bonchev–Trinajstić information content (AvgIpc) is 2.47. The molecule has 2 rings (SSSR count). The predicted molar refractivity (Wildman–Crippen MR) is 76.9 cm³/mol. The summed E-state index contributed by atoms with van der Waals surface area (Å²) >= 11 is 0. The van der Waals surface area contributed by atoms with E-state index >= 15 is 0 Å². The lowest BCUT2D eigenvalue weighted by atomic mass is 10.1. The van der Waals surface area contributed by atoms with Gasteiger partial charge in [0, 0.05) is 24.7 Å². The van der Waals surface area contributed by atoms with Crippen molar-refractivity contribution in [3.63, 3.8) is 0 Å². The predicted octanol–water partition coefficient (Wildman–Crippen LogP) is 2.32. The van der Waals surface area contributed by atoms with E-state index in [9.17, 15) is 4.79 Å². The Kier molecular flexibility index (Phi) is 4.71. The van der Waals surface area contributed by atoms with Crippen molar-refractivity contribution in [2.24, 2.45) is 0 Å². The minimum Gasteiger partial charge on any atom is -0.496 e. The first-order chi connectivity index (χ1) is 9.65. The van der Waals surface area contributed by atoms with Gasteiger partial charge in [0.1, 0.15) is 11.5 Å². The molecule has 1 fully saturated rings. The highest BCUT2D eigenvalue weighted by Crippen LogP contribution is 2.37. The number of rotatable bonds is 5. The average molecular weight is 279 g/mol. The summed E-state index contributed by atoms with van der Waals surface area (Å²) in [4.78, 5) is 13.2. The van der Waals surface area contributed by atoms with E-state index in [0.29, 0.717) is 17.1 Å². The van der Waals surface area contributed by atoms with Gasteiger partial charge in [0.05, 0.1) is 26.3 Å². The molecular weight excluding hydrogens is 258 g/mol. The maximum absolute atomic E-state index is 10.9. The van der Waals surface area contributed by atoms with Gasteiger partial charge in [-0.25, -0.2) is 0 Å². The molecule has 1 aromatic rings. The van der Waals surface area contributed by atoms with Crippen molar-refractivity contribution < 1.29 is 19.4 Å². The van der Waals surface area contributed by atoms with Gasteiger partial charge >= 0.3 is 5.97 Å². The lowest BCUT2D eigenvalue weighted by Gasteiger charge is -2.30. The Labute approximate surface area is 119 Å². The number of aliphatic carboxylic acids is 1. The molecule has 0 aliphatic carbocycles. The fourth-order valence-electron chi connectivity index (χ4n) is 2.63. The quantitative estimate of drug-likeness (QED) is 0.896. The van der Waals surface area contributed by atoms with E-state index < -0.39 is 5.97 Å². The molecule has 1 aliphatic heterocycles. The number of anilines is 1. The number of carbonyl (C=O) groups is 1. The highest BCUT2D eigenvalue weighted by Gasteiger charge is 2.19. The van der Waals surface area contributed by atoms with Crippen molar-refractivity contribution in [3.8, 4) is 11.5 Å². The Hall–Kier alpha value is -1.91. The highest BCUT2D eigenvalue weighted by molar-refractivity contribution is 5.74. The van der Waals surface area contributed by atoms with Crippen LogP contribution < -0.4 is 14.4 Å². The van der Waals surface area contributed by atoms with Crippen LogP contribution in [0.4, 0.5) is 5.69 Å². The molecule has 0 bridgehead atoms. The molecule has 0 aromatic heterocycles. The molecule has 0 unspecified atom stereocenters. The highest BCUT2D eigenvalue weighted by atomic mass is 16.5. The van der Waals surface area contributed by atoms with Crippen molar-refractivity contribution >= 4 is 11.7 Å². The molecule has 1 aromatic carbocycles. The number of ether oxygens (including phenoxy) is 2. The Balaban J connectivity index is 2.37. The number of hydrogen-bond donors (Lipinski definition) is 1. The normalized spacial score (nSPS) is 15.0. The van der Waals surface area contributed by atoms with Gasteiger partial charge in [0.15, 0.2) is 0 Å². The summed E-state index contributed by atoms with van der Waals surface area (Å²) < 4.78 is 10.8. The van der Waals surface area contributed by atoms with Crippen molar-refractivity contribution in [2.75, 3.05) is 32.2 Å². The fourth-order valence-corrected chi connectivity index (χ4v) is 2.63. The summed E-state index contributed by atoms with van der Waals surface area (Å²) in [5, 5.41) is 8.96. The van der Waals surface area contributed by atoms with Gasteiger partial charge in [-0.1, -0.05) is 0 Å². The van der Waals surface area contributed by atoms with Gasteiger partial charge in [0.2, 0.25) is 0 Å². The molecule has 5 heteroatoms. The molecule has 0 saturated carbocycles. The molecule has 1 saturated heterocycles. The topological polar surface area (TPSA) is 59.0 Å². The first-order valence-corrected chi connectivity index (χ1v) is 6.87. The van der Waals surface area contributed by atoms with Crippen LogP contribution in [0.1, 0.15) is 24.8 Å². The zero-order valence-corrected chi connectivity index (χ0v) is 12.0. The summed E-state index contributed by atoms with van der Waals surface area (Å²) in [6.07, 6.45) is 3.53. The number of nitrogens with zero attached hydrogens (tertiary/aromatic N) is 1. The van der Waals surface area contributed by atoms with E-state index in [1.165, 1.54) is 19.3 Å². The fraction of sp³-hybridized carbons (Fsp3) is 0.533. The first-order valence-electron chi connectivity index (χ1n) is 6.87. The zero-order chi connectivity index (χ0) is 14.5. The number of hydrogen-bond acceptors (Lipinski definition) is 4. The van der Waals surface area contributed by atoms with Crippen LogP contribution in [0.25, 0.3) is 0 Å². The second-order valence-corrected chi connectivity index (χ2v) is 4.95. The summed E-state index contributed by atoms with van der Waals surface area (Å²) in [5.74, 6) is 0.439. The maximum atomic E-state index is 10.9. The van der Waals surface area contributed by atoms with E-state index in [1.54, 1.807) is 20.3 Å². The smallest absolute Gasteiger partial charge is 0.307 e. The van der Waals surface area contributed by atoms with Gasteiger partial charge in [-0.3, -0.25) is 4.79 Å². The molecule has 0 radical (unpaired) electrons. The van der Waals surface area contributed by atoms with Crippen LogP contribution in [0.2, 0.25) is 0 Å². The monoisotopic (exact) mass is 279 g/mol. The van der Waals surface area contributed by atoms with Crippen LogP contribution in [0.15, 0.2) is 12.1 Å².